The smallest absolute Gasteiger partial charge is 0.156 e. The summed E-state index contributed by atoms with van der Waals surface area (Å²) in [5.41, 5.74) is 2.23. The number of allylic oxidation sites excluding steroid dienone is 2. The zero-order valence-electron chi connectivity index (χ0n) is 9.45. The third kappa shape index (κ3) is 2.01. The molecule has 0 atom stereocenters. The topological polar surface area (TPSA) is 34.9 Å². The number of hydrogen-bond donors (Lipinski definition) is 0. The van der Waals surface area contributed by atoms with Gasteiger partial charge in [0.2, 0.25) is 0 Å². The van der Waals surface area contributed by atoms with E-state index in [1.54, 1.807) is 12.3 Å². The SMILES string of the molecule is Cn1nccc1C1=CC(=O)CC(C)(C)C1. The van der Waals surface area contributed by atoms with Crippen LogP contribution in [0, 0.1) is 5.41 Å². The molecule has 0 N–H and O–H groups in total. The minimum absolute atomic E-state index is 0.0748. The van der Waals surface area contributed by atoms with Crippen LogP contribution in [0.3, 0.4) is 0 Å². The molecule has 0 spiro atoms. The summed E-state index contributed by atoms with van der Waals surface area (Å²) in [5, 5.41) is 4.13. The molecule has 0 radical (unpaired) electrons. The third-order valence-corrected chi connectivity index (χ3v) is 2.81. The van der Waals surface area contributed by atoms with Gasteiger partial charge in [-0.1, -0.05) is 13.8 Å². The molecule has 0 bridgehead atoms. The summed E-state index contributed by atoms with van der Waals surface area (Å²) in [6.07, 6.45) is 5.12. The van der Waals surface area contributed by atoms with E-state index in [1.165, 1.54) is 0 Å². The Balaban J connectivity index is 2.38. The van der Waals surface area contributed by atoms with Gasteiger partial charge in [0.05, 0.1) is 5.69 Å². The number of carbonyl (C=O) groups excluding carboxylic acids is 1. The first kappa shape index (κ1) is 10.1. The van der Waals surface area contributed by atoms with E-state index < -0.39 is 0 Å². The lowest BCUT2D eigenvalue weighted by Gasteiger charge is -2.28. The Labute approximate surface area is 89.8 Å². The van der Waals surface area contributed by atoms with Gasteiger partial charge < -0.3 is 0 Å². The summed E-state index contributed by atoms with van der Waals surface area (Å²) >= 11 is 0. The Kier molecular flexibility index (Phi) is 2.25. The summed E-state index contributed by atoms with van der Waals surface area (Å²) in [5.74, 6) is 0.224. The average molecular weight is 204 g/mol. The Morgan fingerprint density at radius 1 is 1.40 bits per heavy atom. The van der Waals surface area contributed by atoms with Gasteiger partial charge in [0.25, 0.3) is 0 Å². The van der Waals surface area contributed by atoms with E-state index >= 15 is 0 Å². The number of aromatic nitrogens is 2. The second kappa shape index (κ2) is 3.33. The molecule has 3 heteroatoms. The highest BCUT2D eigenvalue weighted by Crippen LogP contribution is 2.37. The largest absolute Gasteiger partial charge is 0.295 e. The zero-order chi connectivity index (χ0) is 11.1. The van der Waals surface area contributed by atoms with E-state index in [0.29, 0.717) is 6.42 Å². The normalized spacial score (nSPS) is 20.2. The van der Waals surface area contributed by atoms with Crippen molar-refractivity contribution in [1.29, 1.82) is 0 Å². The van der Waals surface area contributed by atoms with Gasteiger partial charge in [0.15, 0.2) is 5.78 Å². The fourth-order valence-electron chi connectivity index (χ4n) is 2.20. The standard InChI is InChI=1S/C12H16N2O/c1-12(2)7-9(6-10(15)8-12)11-4-5-13-14(11)3/h4-6H,7-8H2,1-3H3. The van der Waals surface area contributed by atoms with Crippen molar-refractivity contribution >= 4 is 11.4 Å². The number of rotatable bonds is 1. The highest BCUT2D eigenvalue weighted by molar-refractivity contribution is 5.98. The van der Waals surface area contributed by atoms with Crippen LogP contribution < -0.4 is 0 Å². The van der Waals surface area contributed by atoms with Crippen LogP contribution in [0.5, 0.6) is 0 Å². The molecule has 1 aliphatic rings. The molecule has 0 saturated heterocycles. The third-order valence-electron chi connectivity index (χ3n) is 2.81. The summed E-state index contributed by atoms with van der Waals surface area (Å²) in [4.78, 5) is 11.6. The molecule has 1 aliphatic carbocycles. The van der Waals surface area contributed by atoms with Crippen molar-refractivity contribution < 1.29 is 4.79 Å². The molecule has 1 aromatic heterocycles. The summed E-state index contributed by atoms with van der Waals surface area (Å²) in [7, 11) is 1.91. The van der Waals surface area contributed by atoms with E-state index in [0.717, 1.165) is 17.7 Å². The summed E-state index contributed by atoms with van der Waals surface area (Å²) in [6, 6.07) is 1.96. The van der Waals surface area contributed by atoms with Gasteiger partial charge in [-0.25, -0.2) is 0 Å². The predicted molar refractivity (Wildman–Crippen MR) is 59.2 cm³/mol. The lowest BCUT2D eigenvalue weighted by molar-refractivity contribution is -0.116. The molecule has 1 aromatic rings. The number of aryl methyl sites for hydroxylation is 1. The average Bonchev–Trinajstić information content (AvgIpc) is 2.47. The molecule has 0 saturated carbocycles. The fraction of sp³-hybridized carbons (Fsp3) is 0.500. The van der Waals surface area contributed by atoms with E-state index in [4.69, 9.17) is 0 Å². The first-order valence-corrected chi connectivity index (χ1v) is 5.20. The van der Waals surface area contributed by atoms with Crippen LogP contribution >= 0.6 is 0 Å². The molecular weight excluding hydrogens is 188 g/mol. The maximum atomic E-state index is 11.6. The lowest BCUT2D eigenvalue weighted by atomic mass is 9.76. The van der Waals surface area contributed by atoms with Gasteiger partial charge in [-0.2, -0.15) is 5.10 Å². The van der Waals surface area contributed by atoms with Crippen LogP contribution in [-0.2, 0) is 11.8 Å². The Morgan fingerprint density at radius 3 is 2.67 bits per heavy atom. The first-order chi connectivity index (χ1) is 6.98. The van der Waals surface area contributed by atoms with Crippen molar-refractivity contribution in [3.63, 3.8) is 0 Å². The first-order valence-electron chi connectivity index (χ1n) is 5.20. The Hall–Kier alpha value is -1.38. The van der Waals surface area contributed by atoms with Crippen molar-refractivity contribution in [2.45, 2.75) is 26.7 Å². The van der Waals surface area contributed by atoms with Crippen molar-refractivity contribution in [1.82, 2.24) is 9.78 Å². The molecule has 15 heavy (non-hydrogen) atoms. The van der Waals surface area contributed by atoms with E-state index in [9.17, 15) is 4.79 Å². The van der Waals surface area contributed by atoms with Crippen LogP contribution in [0.25, 0.3) is 5.57 Å². The van der Waals surface area contributed by atoms with Gasteiger partial charge in [-0.15, -0.1) is 0 Å². The Morgan fingerprint density at radius 2 is 2.13 bits per heavy atom. The quantitative estimate of drug-likeness (QED) is 0.702. The van der Waals surface area contributed by atoms with Crippen molar-refractivity contribution in [2.75, 3.05) is 0 Å². The highest BCUT2D eigenvalue weighted by Gasteiger charge is 2.28. The van der Waals surface area contributed by atoms with Gasteiger partial charge in [-0.05, 0) is 29.6 Å². The van der Waals surface area contributed by atoms with Crippen molar-refractivity contribution in [2.24, 2.45) is 12.5 Å². The molecular formula is C12H16N2O. The van der Waals surface area contributed by atoms with E-state index in [2.05, 4.69) is 18.9 Å². The second-order valence-electron chi connectivity index (χ2n) is 4.99. The van der Waals surface area contributed by atoms with E-state index in [1.807, 2.05) is 17.8 Å². The van der Waals surface area contributed by atoms with Gasteiger partial charge in [0, 0.05) is 19.7 Å². The lowest BCUT2D eigenvalue weighted by Crippen LogP contribution is -2.22. The maximum Gasteiger partial charge on any atom is 0.156 e. The molecule has 0 amide bonds. The summed E-state index contributed by atoms with van der Waals surface area (Å²) in [6.45, 7) is 4.27. The maximum absolute atomic E-state index is 11.6. The van der Waals surface area contributed by atoms with Crippen molar-refractivity contribution in [3.8, 4) is 0 Å². The fourth-order valence-corrected chi connectivity index (χ4v) is 2.20. The number of carbonyl (C=O) groups is 1. The molecule has 2 rings (SSSR count). The molecule has 0 aromatic carbocycles. The van der Waals surface area contributed by atoms with Gasteiger partial charge >= 0.3 is 0 Å². The molecule has 0 unspecified atom stereocenters. The molecule has 3 nitrogen and oxygen atoms in total. The van der Waals surface area contributed by atoms with Crippen LogP contribution in [0.2, 0.25) is 0 Å². The van der Waals surface area contributed by atoms with Crippen molar-refractivity contribution in [3.05, 3.63) is 24.0 Å². The van der Waals surface area contributed by atoms with Crippen LogP contribution in [0.4, 0.5) is 0 Å². The van der Waals surface area contributed by atoms with Crippen LogP contribution in [0.15, 0.2) is 18.3 Å². The van der Waals surface area contributed by atoms with Gasteiger partial charge in [-0.3, -0.25) is 9.48 Å². The summed E-state index contributed by atoms with van der Waals surface area (Å²) < 4.78 is 1.82. The number of nitrogens with zero attached hydrogens (tertiary/aromatic N) is 2. The second-order valence-corrected chi connectivity index (χ2v) is 4.99. The van der Waals surface area contributed by atoms with Crippen LogP contribution in [0.1, 0.15) is 32.4 Å². The molecule has 0 fully saturated rings. The van der Waals surface area contributed by atoms with E-state index in [-0.39, 0.29) is 11.2 Å². The highest BCUT2D eigenvalue weighted by atomic mass is 16.1. The number of ketones is 1. The van der Waals surface area contributed by atoms with Crippen LogP contribution in [-0.4, -0.2) is 15.6 Å². The Bertz CT molecular complexity index is 427. The minimum Gasteiger partial charge on any atom is -0.295 e. The number of hydrogen-bond acceptors (Lipinski definition) is 2. The predicted octanol–water partition coefficient (Wildman–Crippen LogP) is 2.19. The monoisotopic (exact) mass is 204 g/mol. The molecule has 1 heterocycles. The zero-order valence-corrected chi connectivity index (χ0v) is 9.45. The molecule has 0 aliphatic heterocycles. The van der Waals surface area contributed by atoms with Gasteiger partial charge in [0.1, 0.15) is 0 Å². The molecule has 80 valence electrons. The minimum atomic E-state index is 0.0748.